The highest BCUT2D eigenvalue weighted by molar-refractivity contribution is 5.39. The lowest BCUT2D eigenvalue weighted by Crippen LogP contribution is -1.88. The van der Waals surface area contributed by atoms with Gasteiger partial charge < -0.3 is 0 Å². The van der Waals surface area contributed by atoms with E-state index in [4.69, 9.17) is 0 Å². The van der Waals surface area contributed by atoms with Crippen molar-refractivity contribution in [3.05, 3.63) is 60.3 Å². The minimum Gasteiger partial charge on any atom is -0.0991 e. The van der Waals surface area contributed by atoms with Crippen molar-refractivity contribution in [2.24, 2.45) is 0 Å². The van der Waals surface area contributed by atoms with Crippen LogP contribution in [0.1, 0.15) is 26.2 Å². The molecular formula is C14H18. The van der Waals surface area contributed by atoms with Crippen LogP contribution < -0.4 is 0 Å². The fourth-order valence-corrected chi connectivity index (χ4v) is 1.58. The quantitative estimate of drug-likeness (QED) is 0.573. The van der Waals surface area contributed by atoms with E-state index in [1.807, 2.05) is 6.08 Å². The van der Waals surface area contributed by atoms with Gasteiger partial charge in [0, 0.05) is 0 Å². The summed E-state index contributed by atoms with van der Waals surface area (Å²) in [5.41, 5.74) is 2.83. The maximum atomic E-state index is 3.76. The fourth-order valence-electron chi connectivity index (χ4n) is 1.58. The largest absolute Gasteiger partial charge is 0.0991 e. The van der Waals surface area contributed by atoms with Crippen molar-refractivity contribution in [1.82, 2.24) is 0 Å². The fraction of sp³-hybridized carbons (Fsp3) is 0.286. The van der Waals surface area contributed by atoms with E-state index >= 15 is 0 Å². The monoisotopic (exact) mass is 186 g/mol. The molecule has 0 bridgehead atoms. The zero-order valence-corrected chi connectivity index (χ0v) is 8.87. The minimum absolute atomic E-state index is 1.03. The Labute approximate surface area is 87.0 Å². The molecule has 0 fully saturated rings. The number of hydrogen-bond donors (Lipinski definition) is 0. The Morgan fingerprint density at radius 1 is 1.43 bits per heavy atom. The normalized spacial score (nSPS) is 16.4. The Balaban J connectivity index is 2.82. The van der Waals surface area contributed by atoms with E-state index in [-0.39, 0.29) is 0 Å². The second-order valence-corrected chi connectivity index (χ2v) is 3.39. The van der Waals surface area contributed by atoms with Crippen molar-refractivity contribution >= 4 is 0 Å². The van der Waals surface area contributed by atoms with Gasteiger partial charge in [-0.1, -0.05) is 62.5 Å². The molecular weight excluding hydrogens is 168 g/mol. The van der Waals surface area contributed by atoms with Crippen LogP contribution in [0, 0.1) is 0 Å². The molecule has 1 aliphatic carbocycles. The van der Waals surface area contributed by atoms with Crippen molar-refractivity contribution < 1.29 is 0 Å². The lowest BCUT2D eigenvalue weighted by molar-refractivity contribution is 0.903. The summed E-state index contributed by atoms with van der Waals surface area (Å²) in [7, 11) is 0. The SMILES string of the molecule is C=C/C=C(\CCC)C1=CC=CC=CC1. The number of hydrogen-bond acceptors (Lipinski definition) is 0. The summed E-state index contributed by atoms with van der Waals surface area (Å²) in [5.74, 6) is 0. The summed E-state index contributed by atoms with van der Waals surface area (Å²) in [6.07, 6.45) is 18.0. The molecule has 0 atom stereocenters. The third-order valence-corrected chi connectivity index (χ3v) is 2.24. The van der Waals surface area contributed by atoms with Crippen molar-refractivity contribution in [2.45, 2.75) is 26.2 Å². The summed E-state index contributed by atoms with van der Waals surface area (Å²) < 4.78 is 0. The van der Waals surface area contributed by atoms with E-state index in [9.17, 15) is 0 Å². The zero-order chi connectivity index (χ0) is 10.2. The topological polar surface area (TPSA) is 0 Å². The zero-order valence-electron chi connectivity index (χ0n) is 8.87. The van der Waals surface area contributed by atoms with Crippen molar-refractivity contribution in [1.29, 1.82) is 0 Å². The highest BCUT2D eigenvalue weighted by Crippen LogP contribution is 2.21. The molecule has 0 unspecified atom stereocenters. The predicted molar refractivity (Wildman–Crippen MR) is 64.2 cm³/mol. The molecule has 1 aliphatic rings. The van der Waals surface area contributed by atoms with Gasteiger partial charge in [-0.15, -0.1) is 0 Å². The van der Waals surface area contributed by atoms with E-state index in [1.54, 1.807) is 0 Å². The molecule has 0 heterocycles. The Morgan fingerprint density at radius 2 is 2.29 bits per heavy atom. The molecule has 0 saturated carbocycles. The molecule has 74 valence electrons. The van der Waals surface area contributed by atoms with Crippen LogP contribution >= 0.6 is 0 Å². The lowest BCUT2D eigenvalue weighted by Gasteiger charge is -2.07. The smallest absolute Gasteiger partial charge is 0.00916 e. The number of rotatable bonds is 4. The van der Waals surface area contributed by atoms with Gasteiger partial charge in [0.1, 0.15) is 0 Å². The molecule has 0 aromatic carbocycles. The van der Waals surface area contributed by atoms with E-state index < -0.39 is 0 Å². The van der Waals surface area contributed by atoms with Crippen LogP contribution in [0.3, 0.4) is 0 Å². The van der Waals surface area contributed by atoms with E-state index in [1.165, 1.54) is 17.6 Å². The van der Waals surface area contributed by atoms with Gasteiger partial charge in [0.25, 0.3) is 0 Å². The molecule has 1 rings (SSSR count). The van der Waals surface area contributed by atoms with Gasteiger partial charge in [0.05, 0.1) is 0 Å². The molecule has 0 spiro atoms. The molecule has 0 aromatic rings. The first-order valence-corrected chi connectivity index (χ1v) is 5.22. The van der Waals surface area contributed by atoms with Gasteiger partial charge in [-0.25, -0.2) is 0 Å². The third kappa shape index (κ3) is 3.21. The molecule has 0 N–H and O–H groups in total. The maximum absolute atomic E-state index is 3.76. The summed E-state index contributed by atoms with van der Waals surface area (Å²) in [4.78, 5) is 0. The first-order valence-electron chi connectivity index (χ1n) is 5.22. The molecule has 0 aromatic heterocycles. The second-order valence-electron chi connectivity index (χ2n) is 3.39. The van der Waals surface area contributed by atoms with Crippen LogP contribution in [0.25, 0.3) is 0 Å². The highest BCUT2D eigenvalue weighted by Gasteiger charge is 2.01. The Kier molecular flexibility index (Phi) is 4.77. The molecule has 0 nitrogen and oxygen atoms in total. The Morgan fingerprint density at radius 3 is 3.00 bits per heavy atom. The molecule has 0 radical (unpaired) electrons. The predicted octanol–water partition coefficient (Wildman–Crippen LogP) is 4.34. The summed E-state index contributed by atoms with van der Waals surface area (Å²) in [5, 5.41) is 0. The second kappa shape index (κ2) is 6.20. The molecule has 0 heteroatoms. The first-order chi connectivity index (χ1) is 6.88. The Bertz CT molecular complexity index is 298. The van der Waals surface area contributed by atoms with Gasteiger partial charge in [-0.05, 0) is 24.0 Å². The standard InChI is InChI=1S/C14H18/c1-3-9-13(10-4-2)14-11-7-5-6-8-12-14/h3,5-9,11H,1,4,10,12H2,2H3/b13-9+. The van der Waals surface area contributed by atoms with E-state index in [0.29, 0.717) is 0 Å². The van der Waals surface area contributed by atoms with Crippen molar-refractivity contribution in [3.8, 4) is 0 Å². The molecule has 14 heavy (non-hydrogen) atoms. The van der Waals surface area contributed by atoms with Gasteiger partial charge in [0.2, 0.25) is 0 Å². The number of allylic oxidation sites excluding steroid dienone is 9. The lowest BCUT2D eigenvalue weighted by atomic mass is 9.98. The van der Waals surface area contributed by atoms with Gasteiger partial charge in [0.15, 0.2) is 0 Å². The van der Waals surface area contributed by atoms with E-state index in [0.717, 1.165) is 12.8 Å². The average Bonchev–Trinajstić information content (AvgIpc) is 2.45. The van der Waals surface area contributed by atoms with Crippen LogP contribution in [0.15, 0.2) is 60.3 Å². The summed E-state index contributed by atoms with van der Waals surface area (Å²) >= 11 is 0. The Hall–Kier alpha value is -1.30. The summed E-state index contributed by atoms with van der Waals surface area (Å²) in [6.45, 7) is 5.97. The van der Waals surface area contributed by atoms with Crippen LogP contribution in [-0.4, -0.2) is 0 Å². The molecule has 0 amide bonds. The van der Waals surface area contributed by atoms with Crippen LogP contribution in [0.4, 0.5) is 0 Å². The van der Waals surface area contributed by atoms with Gasteiger partial charge >= 0.3 is 0 Å². The van der Waals surface area contributed by atoms with Crippen molar-refractivity contribution in [2.75, 3.05) is 0 Å². The summed E-state index contributed by atoms with van der Waals surface area (Å²) in [6, 6.07) is 0. The minimum atomic E-state index is 1.03. The van der Waals surface area contributed by atoms with Crippen LogP contribution in [0.2, 0.25) is 0 Å². The molecule has 0 aliphatic heterocycles. The first kappa shape index (κ1) is 10.8. The van der Waals surface area contributed by atoms with Crippen LogP contribution in [-0.2, 0) is 0 Å². The van der Waals surface area contributed by atoms with Crippen LogP contribution in [0.5, 0.6) is 0 Å². The molecule has 0 saturated heterocycles. The maximum Gasteiger partial charge on any atom is -0.00916 e. The van der Waals surface area contributed by atoms with E-state index in [2.05, 4.69) is 50.0 Å². The third-order valence-electron chi connectivity index (χ3n) is 2.24. The van der Waals surface area contributed by atoms with Gasteiger partial charge in [-0.3, -0.25) is 0 Å². The average molecular weight is 186 g/mol. The van der Waals surface area contributed by atoms with Gasteiger partial charge in [-0.2, -0.15) is 0 Å². The highest BCUT2D eigenvalue weighted by atomic mass is 14.1. The van der Waals surface area contributed by atoms with Crippen molar-refractivity contribution in [3.63, 3.8) is 0 Å².